The molecule has 0 unspecified atom stereocenters. The quantitative estimate of drug-likeness (QED) is 0.850. The number of rotatable bonds is 6. The van der Waals surface area contributed by atoms with Crippen LogP contribution in [0.3, 0.4) is 0 Å². The minimum absolute atomic E-state index is 0.0557. The van der Waals surface area contributed by atoms with Crippen LogP contribution in [-0.2, 0) is 17.0 Å². The monoisotopic (exact) mass is 299 g/mol. The van der Waals surface area contributed by atoms with Crippen LogP contribution in [0.25, 0.3) is 0 Å². The molecule has 0 saturated heterocycles. The van der Waals surface area contributed by atoms with Gasteiger partial charge in [0, 0.05) is 11.4 Å². The summed E-state index contributed by atoms with van der Waals surface area (Å²) in [5.41, 5.74) is 3.39. The number of benzene rings is 2. The molecular formula is C18H21NOS. The zero-order valence-electron chi connectivity index (χ0n) is 12.5. The van der Waals surface area contributed by atoms with Gasteiger partial charge in [0.1, 0.15) is 0 Å². The molecule has 0 bridgehead atoms. The summed E-state index contributed by atoms with van der Waals surface area (Å²) in [6.45, 7) is 4.07. The minimum Gasteiger partial charge on any atom is -0.325 e. The van der Waals surface area contributed by atoms with Crippen molar-refractivity contribution in [2.45, 2.75) is 31.3 Å². The van der Waals surface area contributed by atoms with Gasteiger partial charge in [-0.25, -0.2) is 0 Å². The summed E-state index contributed by atoms with van der Waals surface area (Å²) in [6, 6.07) is 18.3. The molecule has 3 heteroatoms. The van der Waals surface area contributed by atoms with Gasteiger partial charge in [0.2, 0.25) is 5.91 Å². The van der Waals surface area contributed by atoms with Crippen molar-refractivity contribution in [3.05, 3.63) is 65.7 Å². The fraction of sp³-hybridized carbons (Fsp3) is 0.278. The predicted octanol–water partition coefficient (Wildman–Crippen LogP) is 4.51. The van der Waals surface area contributed by atoms with E-state index >= 15 is 0 Å². The van der Waals surface area contributed by atoms with E-state index in [-0.39, 0.29) is 11.2 Å². The lowest BCUT2D eigenvalue weighted by Crippen LogP contribution is -2.22. The van der Waals surface area contributed by atoms with Crippen LogP contribution in [-0.4, -0.2) is 11.2 Å². The molecule has 21 heavy (non-hydrogen) atoms. The minimum atomic E-state index is -0.0731. The third kappa shape index (κ3) is 4.94. The maximum Gasteiger partial charge on any atom is 0.237 e. The predicted molar refractivity (Wildman–Crippen MR) is 91.6 cm³/mol. The SMILES string of the molecule is CCc1ccc(NC(=O)[C@@H](C)SCc2ccccc2)cc1. The summed E-state index contributed by atoms with van der Waals surface area (Å²) in [5, 5.41) is 2.90. The third-order valence-electron chi connectivity index (χ3n) is 3.34. The molecule has 1 N–H and O–H groups in total. The molecule has 0 aliphatic rings. The summed E-state index contributed by atoms with van der Waals surface area (Å²) < 4.78 is 0. The lowest BCUT2D eigenvalue weighted by molar-refractivity contribution is -0.115. The largest absolute Gasteiger partial charge is 0.325 e. The van der Waals surface area contributed by atoms with Gasteiger partial charge in [-0.15, -0.1) is 11.8 Å². The summed E-state index contributed by atoms with van der Waals surface area (Å²) in [6.07, 6.45) is 1.01. The molecule has 0 aromatic heterocycles. The van der Waals surface area contributed by atoms with Gasteiger partial charge < -0.3 is 5.32 Å². The molecule has 0 heterocycles. The Morgan fingerprint density at radius 2 is 1.71 bits per heavy atom. The van der Waals surface area contributed by atoms with Crippen LogP contribution in [0, 0.1) is 0 Å². The number of hydrogen-bond acceptors (Lipinski definition) is 2. The van der Waals surface area contributed by atoms with Gasteiger partial charge >= 0.3 is 0 Å². The van der Waals surface area contributed by atoms with Crippen molar-refractivity contribution in [1.82, 2.24) is 0 Å². The number of carbonyl (C=O) groups is 1. The third-order valence-corrected chi connectivity index (χ3v) is 4.56. The highest BCUT2D eigenvalue weighted by molar-refractivity contribution is 7.99. The van der Waals surface area contributed by atoms with Crippen molar-refractivity contribution >= 4 is 23.4 Å². The first kappa shape index (κ1) is 15.6. The van der Waals surface area contributed by atoms with Crippen molar-refractivity contribution in [2.75, 3.05) is 5.32 Å². The van der Waals surface area contributed by atoms with E-state index in [2.05, 4.69) is 36.5 Å². The Kier molecular flexibility index (Phi) is 5.88. The maximum absolute atomic E-state index is 12.2. The van der Waals surface area contributed by atoms with E-state index in [0.717, 1.165) is 17.9 Å². The first-order valence-electron chi connectivity index (χ1n) is 7.24. The van der Waals surface area contributed by atoms with Crippen LogP contribution >= 0.6 is 11.8 Å². The highest BCUT2D eigenvalue weighted by Crippen LogP contribution is 2.19. The molecule has 0 aliphatic carbocycles. The fourth-order valence-electron chi connectivity index (χ4n) is 1.94. The van der Waals surface area contributed by atoms with Crippen molar-refractivity contribution in [2.24, 2.45) is 0 Å². The number of hydrogen-bond donors (Lipinski definition) is 1. The molecule has 2 aromatic carbocycles. The second kappa shape index (κ2) is 7.89. The van der Waals surface area contributed by atoms with Gasteiger partial charge in [-0.05, 0) is 36.6 Å². The average Bonchev–Trinajstić information content (AvgIpc) is 2.54. The summed E-state index contributed by atoms with van der Waals surface area (Å²) in [5.74, 6) is 0.907. The van der Waals surface area contributed by atoms with Crippen molar-refractivity contribution in [3.63, 3.8) is 0 Å². The smallest absolute Gasteiger partial charge is 0.237 e. The zero-order chi connectivity index (χ0) is 15.1. The lowest BCUT2D eigenvalue weighted by atomic mass is 10.1. The molecule has 1 atom stereocenters. The zero-order valence-corrected chi connectivity index (χ0v) is 13.3. The average molecular weight is 299 g/mol. The Morgan fingerprint density at radius 1 is 1.05 bits per heavy atom. The van der Waals surface area contributed by atoms with Crippen molar-refractivity contribution in [1.29, 1.82) is 0 Å². The van der Waals surface area contributed by atoms with E-state index in [1.165, 1.54) is 11.1 Å². The number of anilines is 1. The highest BCUT2D eigenvalue weighted by atomic mass is 32.2. The number of amides is 1. The standard InChI is InChI=1S/C18H21NOS/c1-3-15-9-11-17(12-10-15)19-18(20)14(2)21-13-16-7-5-4-6-8-16/h4-12,14H,3,13H2,1-2H3,(H,19,20)/t14-/m1/s1. The van der Waals surface area contributed by atoms with Crippen LogP contribution in [0.2, 0.25) is 0 Å². The van der Waals surface area contributed by atoms with Gasteiger partial charge in [-0.3, -0.25) is 4.79 Å². The first-order valence-corrected chi connectivity index (χ1v) is 8.29. The number of nitrogens with one attached hydrogen (secondary N) is 1. The van der Waals surface area contributed by atoms with Crippen LogP contribution in [0.15, 0.2) is 54.6 Å². The Morgan fingerprint density at radius 3 is 2.33 bits per heavy atom. The van der Waals surface area contributed by atoms with E-state index in [9.17, 15) is 4.79 Å². The second-order valence-electron chi connectivity index (χ2n) is 4.98. The number of carbonyl (C=O) groups excluding carboxylic acids is 1. The van der Waals surface area contributed by atoms with E-state index in [1.807, 2.05) is 37.3 Å². The fourth-order valence-corrected chi connectivity index (χ4v) is 2.78. The molecule has 0 saturated carbocycles. The maximum atomic E-state index is 12.2. The molecule has 2 rings (SSSR count). The molecule has 0 radical (unpaired) electrons. The molecule has 1 amide bonds. The van der Waals surface area contributed by atoms with Crippen molar-refractivity contribution < 1.29 is 4.79 Å². The van der Waals surface area contributed by atoms with Crippen molar-refractivity contribution in [3.8, 4) is 0 Å². The number of thioether (sulfide) groups is 1. The van der Waals surface area contributed by atoms with Gasteiger partial charge in [0.15, 0.2) is 0 Å². The highest BCUT2D eigenvalue weighted by Gasteiger charge is 2.13. The van der Waals surface area contributed by atoms with Gasteiger partial charge in [-0.1, -0.05) is 49.4 Å². The Balaban J connectivity index is 1.84. The summed E-state index contributed by atoms with van der Waals surface area (Å²) in [7, 11) is 0. The Labute approximate surface area is 131 Å². The number of aryl methyl sites for hydroxylation is 1. The molecule has 2 nitrogen and oxygen atoms in total. The van der Waals surface area contributed by atoms with Crippen LogP contribution < -0.4 is 5.32 Å². The van der Waals surface area contributed by atoms with E-state index in [0.29, 0.717) is 0 Å². The van der Waals surface area contributed by atoms with E-state index in [4.69, 9.17) is 0 Å². The molecule has 0 aliphatic heterocycles. The van der Waals surface area contributed by atoms with Crippen LogP contribution in [0.4, 0.5) is 5.69 Å². The lowest BCUT2D eigenvalue weighted by Gasteiger charge is -2.12. The van der Waals surface area contributed by atoms with E-state index in [1.54, 1.807) is 11.8 Å². The first-order chi connectivity index (χ1) is 10.2. The normalized spacial score (nSPS) is 11.9. The van der Waals surface area contributed by atoms with Crippen LogP contribution in [0.1, 0.15) is 25.0 Å². The summed E-state index contributed by atoms with van der Waals surface area (Å²) >= 11 is 1.65. The van der Waals surface area contributed by atoms with Gasteiger partial charge in [0.05, 0.1) is 5.25 Å². The Bertz CT molecular complexity index is 566. The molecule has 0 spiro atoms. The Hall–Kier alpha value is -1.74. The van der Waals surface area contributed by atoms with Gasteiger partial charge in [0.25, 0.3) is 0 Å². The summed E-state index contributed by atoms with van der Waals surface area (Å²) in [4.78, 5) is 12.2. The molecule has 2 aromatic rings. The topological polar surface area (TPSA) is 29.1 Å². The van der Waals surface area contributed by atoms with Gasteiger partial charge in [-0.2, -0.15) is 0 Å². The van der Waals surface area contributed by atoms with E-state index < -0.39 is 0 Å². The second-order valence-corrected chi connectivity index (χ2v) is 6.31. The van der Waals surface area contributed by atoms with Crippen LogP contribution in [0.5, 0.6) is 0 Å². The molecule has 110 valence electrons. The molecule has 0 fully saturated rings. The molecular weight excluding hydrogens is 278 g/mol.